The smallest absolute Gasteiger partial charge is 0.235 e. The van der Waals surface area contributed by atoms with E-state index in [1.807, 2.05) is 34.1 Å². The second kappa shape index (κ2) is 9.40. The molecule has 1 spiro atoms. The van der Waals surface area contributed by atoms with Crippen molar-refractivity contribution in [3.05, 3.63) is 70.8 Å². The number of halogens is 1. The van der Waals surface area contributed by atoms with Crippen LogP contribution in [-0.2, 0) is 16.1 Å². The fourth-order valence-electron chi connectivity index (χ4n) is 7.61. The molecule has 2 saturated heterocycles. The SMILES string of the molecule is CN1CCN(C(=O)C23CCC(=O)N(Cc4ccc(Cl)cc4)C2C2CC(O)CCC24C=CC=CC3=C4)CC1. The molecule has 3 fully saturated rings. The zero-order valence-corrected chi connectivity index (χ0v) is 22.2. The van der Waals surface area contributed by atoms with Crippen LogP contribution in [0.3, 0.4) is 0 Å². The number of carbonyl (C=O) groups is 2. The molecule has 1 aromatic rings. The number of nitrogens with zero attached hydrogens (tertiary/aromatic N) is 3. The highest BCUT2D eigenvalue weighted by Crippen LogP contribution is 2.61. The van der Waals surface area contributed by atoms with Gasteiger partial charge in [-0.3, -0.25) is 9.59 Å². The molecule has 2 heterocycles. The van der Waals surface area contributed by atoms with Gasteiger partial charge in [0, 0.05) is 49.6 Å². The highest BCUT2D eigenvalue weighted by atomic mass is 35.5. The molecular formula is C30H36ClN3O3. The minimum Gasteiger partial charge on any atom is -0.393 e. The monoisotopic (exact) mass is 521 g/mol. The molecule has 2 bridgehead atoms. The van der Waals surface area contributed by atoms with E-state index in [2.05, 4.69) is 42.3 Å². The van der Waals surface area contributed by atoms with Crippen molar-refractivity contribution >= 4 is 23.4 Å². The number of hydrogen-bond acceptors (Lipinski definition) is 4. The Kier molecular flexibility index (Phi) is 6.33. The number of aliphatic hydroxyl groups excluding tert-OH is 1. The lowest BCUT2D eigenvalue weighted by Gasteiger charge is -2.61. The topological polar surface area (TPSA) is 64.1 Å². The van der Waals surface area contributed by atoms with Gasteiger partial charge in [0.15, 0.2) is 0 Å². The molecule has 37 heavy (non-hydrogen) atoms. The third kappa shape index (κ3) is 4.08. The highest BCUT2D eigenvalue weighted by molar-refractivity contribution is 6.30. The summed E-state index contributed by atoms with van der Waals surface area (Å²) in [5, 5.41) is 11.6. The van der Waals surface area contributed by atoms with Crippen molar-refractivity contribution < 1.29 is 14.7 Å². The summed E-state index contributed by atoms with van der Waals surface area (Å²) in [6.45, 7) is 3.53. The number of piperazine rings is 1. The molecule has 6 nitrogen and oxygen atoms in total. The van der Waals surface area contributed by atoms with Gasteiger partial charge in [0.05, 0.1) is 17.6 Å². The average Bonchev–Trinajstić information content (AvgIpc) is 3.09. The van der Waals surface area contributed by atoms with E-state index in [0.29, 0.717) is 43.9 Å². The molecule has 5 unspecified atom stereocenters. The molecule has 2 amide bonds. The van der Waals surface area contributed by atoms with Crippen molar-refractivity contribution in [3.8, 4) is 0 Å². The first-order valence-corrected chi connectivity index (χ1v) is 14.0. The predicted octanol–water partition coefficient (Wildman–Crippen LogP) is 3.80. The van der Waals surface area contributed by atoms with Crippen LogP contribution in [0, 0.1) is 16.7 Å². The zero-order chi connectivity index (χ0) is 25.8. The maximum Gasteiger partial charge on any atom is 0.235 e. The lowest BCUT2D eigenvalue weighted by Crippen LogP contribution is -2.69. The molecular weight excluding hydrogens is 486 g/mol. The fraction of sp³-hybridized carbons (Fsp3) is 0.533. The number of amides is 2. The number of rotatable bonds is 3. The second-order valence-electron chi connectivity index (χ2n) is 11.6. The third-order valence-electron chi connectivity index (χ3n) is 9.57. The summed E-state index contributed by atoms with van der Waals surface area (Å²) in [6, 6.07) is 7.32. The van der Waals surface area contributed by atoms with Gasteiger partial charge in [-0.1, -0.05) is 54.1 Å². The van der Waals surface area contributed by atoms with Crippen LogP contribution in [0.1, 0.15) is 37.7 Å². The highest BCUT2D eigenvalue weighted by Gasteiger charge is 2.64. The van der Waals surface area contributed by atoms with E-state index >= 15 is 0 Å². The van der Waals surface area contributed by atoms with E-state index in [4.69, 9.17) is 11.6 Å². The average molecular weight is 522 g/mol. The fourth-order valence-corrected chi connectivity index (χ4v) is 7.74. The predicted molar refractivity (Wildman–Crippen MR) is 144 cm³/mol. The van der Waals surface area contributed by atoms with Crippen molar-refractivity contribution in [3.63, 3.8) is 0 Å². The van der Waals surface area contributed by atoms with E-state index in [1.165, 1.54) is 0 Å². The quantitative estimate of drug-likeness (QED) is 0.657. The number of hydrogen-bond donors (Lipinski definition) is 1. The summed E-state index contributed by atoms with van der Waals surface area (Å²) in [4.78, 5) is 34.7. The summed E-state index contributed by atoms with van der Waals surface area (Å²) in [5.74, 6) is 0.193. The van der Waals surface area contributed by atoms with Crippen LogP contribution in [0.4, 0.5) is 0 Å². The number of likely N-dealkylation sites (tertiary alicyclic amines) is 1. The van der Waals surface area contributed by atoms with Crippen molar-refractivity contribution in [2.24, 2.45) is 16.7 Å². The number of allylic oxidation sites excluding steroid dienone is 5. The van der Waals surface area contributed by atoms with Crippen molar-refractivity contribution in [2.75, 3.05) is 33.2 Å². The maximum absolute atomic E-state index is 14.7. The molecule has 6 rings (SSSR count). The van der Waals surface area contributed by atoms with E-state index in [0.717, 1.165) is 37.1 Å². The van der Waals surface area contributed by atoms with Gasteiger partial charge in [0.1, 0.15) is 0 Å². The lowest BCUT2D eigenvalue weighted by molar-refractivity contribution is -0.166. The number of carbonyl (C=O) groups excluding carboxylic acids is 2. The Balaban J connectivity index is 1.50. The number of benzene rings is 1. The van der Waals surface area contributed by atoms with Gasteiger partial charge >= 0.3 is 0 Å². The Labute approximate surface area is 224 Å². The summed E-state index contributed by atoms with van der Waals surface area (Å²) < 4.78 is 0. The van der Waals surface area contributed by atoms with Crippen LogP contribution in [0.15, 0.2) is 60.2 Å². The summed E-state index contributed by atoms with van der Waals surface area (Å²) >= 11 is 6.16. The van der Waals surface area contributed by atoms with Gasteiger partial charge in [0.2, 0.25) is 11.8 Å². The van der Waals surface area contributed by atoms with Gasteiger partial charge in [-0.05, 0) is 61.9 Å². The molecule has 1 N–H and O–H groups in total. The molecule has 1 saturated carbocycles. The van der Waals surface area contributed by atoms with Crippen LogP contribution in [-0.4, -0.2) is 77.0 Å². The van der Waals surface area contributed by atoms with E-state index in [9.17, 15) is 14.7 Å². The molecule has 5 aliphatic rings. The van der Waals surface area contributed by atoms with Crippen LogP contribution < -0.4 is 0 Å². The maximum atomic E-state index is 14.7. The number of aliphatic hydroxyl groups is 1. The van der Waals surface area contributed by atoms with Gasteiger partial charge in [0.25, 0.3) is 0 Å². The van der Waals surface area contributed by atoms with E-state index in [1.54, 1.807) is 0 Å². The van der Waals surface area contributed by atoms with Crippen LogP contribution in [0.2, 0.25) is 5.02 Å². The van der Waals surface area contributed by atoms with E-state index < -0.39 is 11.5 Å². The first-order chi connectivity index (χ1) is 17.8. The standard InChI is InChI=1S/C30H36ClN3O3/c1-32-14-16-33(17-15-32)28(37)30-13-10-26(36)34(20-21-5-7-23(31)8-6-21)27(30)25-18-24(35)9-12-29(25)11-3-2-4-22(30)19-29/h2-8,11,19,24-25,27,35H,9-10,12-18,20H2,1H3. The number of piperidine rings is 1. The second-order valence-corrected chi connectivity index (χ2v) is 12.1. The van der Waals surface area contributed by atoms with Gasteiger partial charge in [-0.15, -0.1) is 0 Å². The van der Waals surface area contributed by atoms with Gasteiger partial charge in [-0.2, -0.15) is 0 Å². The summed E-state index contributed by atoms with van der Waals surface area (Å²) in [7, 11) is 2.09. The van der Waals surface area contributed by atoms with Gasteiger partial charge < -0.3 is 19.8 Å². The first-order valence-electron chi connectivity index (χ1n) is 13.6. The lowest BCUT2D eigenvalue weighted by atomic mass is 9.49. The van der Waals surface area contributed by atoms with E-state index in [-0.39, 0.29) is 29.2 Å². The number of fused-ring (bicyclic) bond motifs is 3. The Hall–Kier alpha value is -2.41. The molecule has 2 aliphatic heterocycles. The largest absolute Gasteiger partial charge is 0.393 e. The third-order valence-corrected chi connectivity index (χ3v) is 9.83. The summed E-state index contributed by atoms with van der Waals surface area (Å²) in [5.41, 5.74) is 0.960. The molecule has 5 atom stereocenters. The molecule has 0 aromatic heterocycles. The Bertz CT molecular complexity index is 1170. The van der Waals surface area contributed by atoms with Crippen LogP contribution >= 0.6 is 11.6 Å². The van der Waals surface area contributed by atoms with Crippen LogP contribution in [0.25, 0.3) is 0 Å². The minimum absolute atomic E-state index is 0.0379. The molecule has 196 valence electrons. The van der Waals surface area contributed by atoms with Crippen molar-refractivity contribution in [1.29, 1.82) is 0 Å². The molecule has 3 aliphatic carbocycles. The van der Waals surface area contributed by atoms with Crippen molar-refractivity contribution in [2.45, 2.75) is 50.8 Å². The number of likely N-dealkylation sites (N-methyl/N-ethyl adjacent to an activating group) is 1. The summed E-state index contributed by atoms with van der Waals surface area (Å²) in [6.07, 6.45) is 13.4. The Morgan fingerprint density at radius 1 is 1.11 bits per heavy atom. The Morgan fingerprint density at radius 2 is 1.86 bits per heavy atom. The van der Waals surface area contributed by atoms with Crippen molar-refractivity contribution in [1.82, 2.24) is 14.7 Å². The molecule has 7 heteroatoms. The van der Waals surface area contributed by atoms with Gasteiger partial charge in [-0.25, -0.2) is 0 Å². The van der Waals surface area contributed by atoms with Crippen LogP contribution in [0.5, 0.6) is 0 Å². The first kappa shape index (κ1) is 24.9. The zero-order valence-electron chi connectivity index (χ0n) is 21.5. The minimum atomic E-state index is -0.815. The normalized spacial score (nSPS) is 35.5. The Morgan fingerprint density at radius 3 is 2.62 bits per heavy atom. The molecule has 1 aromatic carbocycles. The molecule has 0 radical (unpaired) electrons.